The minimum absolute atomic E-state index is 0.163. The predicted molar refractivity (Wildman–Crippen MR) is 71.6 cm³/mol. The smallest absolute Gasteiger partial charge is 0.408 e. The highest BCUT2D eigenvalue weighted by molar-refractivity contribution is 5.70. The van der Waals surface area contributed by atoms with Gasteiger partial charge in [-0.3, -0.25) is 0 Å². The number of amides is 1. The maximum Gasteiger partial charge on any atom is 0.408 e. The lowest BCUT2D eigenvalue weighted by atomic mass is 10.1. The molecule has 2 rings (SSSR count). The fourth-order valence-electron chi connectivity index (χ4n) is 2.21. The summed E-state index contributed by atoms with van der Waals surface area (Å²) in [5, 5.41) is 2.97. The molecule has 0 spiro atoms. The molecule has 1 aromatic carbocycles. The molecule has 1 amide bonds. The maximum absolute atomic E-state index is 11.8. The molecule has 98 valence electrons. The first-order valence-corrected chi connectivity index (χ1v) is 6.36. The van der Waals surface area contributed by atoms with Gasteiger partial charge in [0.15, 0.2) is 0 Å². The number of alkyl carbamates (subject to hydrolysis) is 1. The molecule has 0 saturated heterocycles. The van der Waals surface area contributed by atoms with Crippen LogP contribution in [0.4, 0.5) is 4.79 Å². The zero-order valence-corrected chi connectivity index (χ0v) is 11.5. The minimum atomic E-state index is -0.447. The summed E-state index contributed by atoms with van der Waals surface area (Å²) in [6.45, 7) is 7.68. The molecule has 3 heteroatoms. The molecule has 1 N–H and O–H groups in total. The van der Waals surface area contributed by atoms with Crippen LogP contribution in [0.15, 0.2) is 30.3 Å². The third kappa shape index (κ3) is 3.03. The largest absolute Gasteiger partial charge is 0.444 e. The zero-order valence-electron chi connectivity index (χ0n) is 11.5. The summed E-state index contributed by atoms with van der Waals surface area (Å²) in [5.41, 5.74) is 0.664. The number of benzene rings is 1. The molecule has 0 bridgehead atoms. The number of ether oxygens (including phenoxy) is 1. The molecule has 0 unspecified atom stereocenters. The monoisotopic (exact) mass is 247 g/mol. The second-order valence-corrected chi connectivity index (χ2v) is 6.21. The van der Waals surface area contributed by atoms with E-state index < -0.39 is 5.60 Å². The Morgan fingerprint density at radius 1 is 1.33 bits per heavy atom. The van der Waals surface area contributed by atoms with Crippen molar-refractivity contribution in [3.05, 3.63) is 35.9 Å². The molecule has 1 aliphatic carbocycles. The van der Waals surface area contributed by atoms with E-state index >= 15 is 0 Å². The average Bonchev–Trinajstić information content (AvgIpc) is 2.88. The van der Waals surface area contributed by atoms with Crippen LogP contribution in [0.5, 0.6) is 0 Å². The van der Waals surface area contributed by atoms with Crippen molar-refractivity contribution >= 4 is 6.09 Å². The number of nitrogens with one attached hydrogen (secondary N) is 1. The Morgan fingerprint density at radius 3 is 2.50 bits per heavy atom. The SMILES string of the molecule is CC(C)(C)OC(=O)N[C@]1(C)C[C@H]1c1ccccc1. The van der Waals surface area contributed by atoms with E-state index in [2.05, 4.69) is 24.4 Å². The van der Waals surface area contributed by atoms with E-state index in [0.717, 1.165) is 6.42 Å². The predicted octanol–water partition coefficient (Wildman–Crippen LogP) is 3.46. The number of carbonyl (C=O) groups excluding carboxylic acids is 1. The lowest BCUT2D eigenvalue weighted by Crippen LogP contribution is -2.39. The molecular weight excluding hydrogens is 226 g/mol. The Bertz CT molecular complexity index is 436. The standard InChI is InChI=1S/C15H21NO2/c1-14(2,3)18-13(17)16-15(4)10-12(15)11-8-6-5-7-9-11/h5-9,12H,10H2,1-4H3,(H,16,17)/t12-,15+/m0/s1. The highest BCUT2D eigenvalue weighted by Gasteiger charge is 2.52. The lowest BCUT2D eigenvalue weighted by Gasteiger charge is -2.22. The van der Waals surface area contributed by atoms with Crippen molar-refractivity contribution in [2.75, 3.05) is 0 Å². The third-order valence-electron chi connectivity index (χ3n) is 3.23. The van der Waals surface area contributed by atoms with Crippen LogP contribution < -0.4 is 5.32 Å². The molecule has 0 aliphatic heterocycles. The second-order valence-electron chi connectivity index (χ2n) is 6.21. The number of hydrogen-bond donors (Lipinski definition) is 1. The highest BCUT2D eigenvalue weighted by Crippen LogP contribution is 2.51. The van der Waals surface area contributed by atoms with Crippen molar-refractivity contribution in [1.82, 2.24) is 5.32 Å². The van der Waals surface area contributed by atoms with Gasteiger partial charge in [-0.05, 0) is 39.7 Å². The van der Waals surface area contributed by atoms with Crippen LogP contribution in [0, 0.1) is 0 Å². The van der Waals surface area contributed by atoms with E-state index in [1.165, 1.54) is 5.56 Å². The Hall–Kier alpha value is -1.51. The van der Waals surface area contributed by atoms with Crippen LogP contribution in [0.2, 0.25) is 0 Å². The van der Waals surface area contributed by atoms with Crippen molar-refractivity contribution in [2.24, 2.45) is 0 Å². The van der Waals surface area contributed by atoms with E-state index in [9.17, 15) is 4.79 Å². The summed E-state index contributed by atoms with van der Waals surface area (Å²) in [7, 11) is 0. The summed E-state index contributed by atoms with van der Waals surface area (Å²) in [6.07, 6.45) is 0.638. The molecule has 18 heavy (non-hydrogen) atoms. The van der Waals surface area contributed by atoms with E-state index in [4.69, 9.17) is 4.74 Å². The van der Waals surface area contributed by atoms with Crippen LogP contribution in [-0.4, -0.2) is 17.2 Å². The molecule has 1 aliphatic rings. The molecule has 1 aromatic rings. The summed E-state index contributed by atoms with van der Waals surface area (Å²) < 4.78 is 5.29. The Balaban J connectivity index is 1.94. The van der Waals surface area contributed by atoms with Crippen molar-refractivity contribution in [2.45, 2.75) is 51.2 Å². The van der Waals surface area contributed by atoms with Gasteiger partial charge in [0.25, 0.3) is 0 Å². The molecule has 0 heterocycles. The van der Waals surface area contributed by atoms with E-state index in [-0.39, 0.29) is 11.6 Å². The maximum atomic E-state index is 11.8. The van der Waals surface area contributed by atoms with Crippen LogP contribution >= 0.6 is 0 Å². The molecule has 3 nitrogen and oxygen atoms in total. The van der Waals surface area contributed by atoms with Gasteiger partial charge in [-0.25, -0.2) is 4.79 Å². The summed E-state index contributed by atoms with van der Waals surface area (Å²) in [5.74, 6) is 0.395. The van der Waals surface area contributed by atoms with Gasteiger partial charge in [0.05, 0.1) is 0 Å². The topological polar surface area (TPSA) is 38.3 Å². The van der Waals surface area contributed by atoms with E-state index in [1.54, 1.807) is 0 Å². The fraction of sp³-hybridized carbons (Fsp3) is 0.533. The van der Waals surface area contributed by atoms with Crippen LogP contribution in [0.25, 0.3) is 0 Å². The van der Waals surface area contributed by atoms with Gasteiger partial charge in [-0.1, -0.05) is 30.3 Å². The molecule has 0 aromatic heterocycles. The fourth-order valence-corrected chi connectivity index (χ4v) is 2.21. The first-order valence-electron chi connectivity index (χ1n) is 6.36. The second kappa shape index (κ2) is 4.30. The van der Waals surface area contributed by atoms with Gasteiger partial charge in [0.2, 0.25) is 0 Å². The van der Waals surface area contributed by atoms with Crippen LogP contribution in [-0.2, 0) is 4.74 Å². The van der Waals surface area contributed by atoms with Gasteiger partial charge in [0, 0.05) is 11.5 Å². The first kappa shape index (κ1) is 12.9. The average molecular weight is 247 g/mol. The van der Waals surface area contributed by atoms with Crippen molar-refractivity contribution in [3.63, 3.8) is 0 Å². The van der Waals surface area contributed by atoms with Gasteiger partial charge in [0.1, 0.15) is 5.60 Å². The quantitative estimate of drug-likeness (QED) is 0.869. The van der Waals surface area contributed by atoms with Crippen molar-refractivity contribution in [3.8, 4) is 0 Å². The summed E-state index contributed by atoms with van der Waals surface area (Å²) >= 11 is 0. The lowest BCUT2D eigenvalue weighted by molar-refractivity contribution is 0.0500. The van der Waals surface area contributed by atoms with Crippen molar-refractivity contribution < 1.29 is 9.53 Å². The van der Waals surface area contributed by atoms with Crippen LogP contribution in [0.3, 0.4) is 0 Å². The number of carbonyl (C=O) groups is 1. The van der Waals surface area contributed by atoms with E-state index in [0.29, 0.717) is 5.92 Å². The van der Waals surface area contributed by atoms with Gasteiger partial charge >= 0.3 is 6.09 Å². The zero-order chi connectivity index (χ0) is 13.4. The molecule has 2 atom stereocenters. The van der Waals surface area contributed by atoms with Gasteiger partial charge < -0.3 is 10.1 Å². The van der Waals surface area contributed by atoms with Crippen molar-refractivity contribution in [1.29, 1.82) is 0 Å². The molecule has 1 saturated carbocycles. The Labute approximate surface area is 109 Å². The molecule has 0 radical (unpaired) electrons. The minimum Gasteiger partial charge on any atom is -0.444 e. The summed E-state index contributed by atoms with van der Waals surface area (Å²) in [4.78, 5) is 11.8. The number of rotatable bonds is 2. The molecule has 1 fully saturated rings. The van der Waals surface area contributed by atoms with Gasteiger partial charge in [-0.2, -0.15) is 0 Å². The number of hydrogen-bond acceptors (Lipinski definition) is 2. The third-order valence-corrected chi connectivity index (χ3v) is 3.23. The highest BCUT2D eigenvalue weighted by atomic mass is 16.6. The normalized spacial score (nSPS) is 26.6. The summed E-state index contributed by atoms with van der Waals surface area (Å²) in [6, 6.07) is 10.3. The van der Waals surface area contributed by atoms with E-state index in [1.807, 2.05) is 39.0 Å². The van der Waals surface area contributed by atoms with Crippen LogP contribution in [0.1, 0.15) is 45.6 Å². The molecular formula is C15H21NO2. The van der Waals surface area contributed by atoms with Gasteiger partial charge in [-0.15, -0.1) is 0 Å². The Kier molecular flexibility index (Phi) is 3.09. The first-order chi connectivity index (χ1) is 8.30. The Morgan fingerprint density at radius 2 is 1.94 bits per heavy atom.